The van der Waals surface area contributed by atoms with Crippen molar-refractivity contribution in [1.29, 1.82) is 0 Å². The second-order valence-corrected chi connectivity index (χ2v) is 11.0. The van der Waals surface area contributed by atoms with E-state index in [1.54, 1.807) is 26.4 Å². The average molecular weight is 488 g/mol. The first kappa shape index (κ1) is 23.8. The Bertz CT molecular complexity index is 1020. The van der Waals surface area contributed by atoms with Crippen LogP contribution in [0.3, 0.4) is 0 Å². The highest BCUT2D eigenvalue weighted by atomic mass is 35.5. The number of rotatable bonds is 8. The minimum absolute atomic E-state index is 0.115. The number of sulfonamides is 1. The highest BCUT2D eigenvalue weighted by Crippen LogP contribution is 2.29. The molecule has 1 N–H and O–H groups in total. The predicted molar refractivity (Wildman–Crippen MR) is 121 cm³/mol. The van der Waals surface area contributed by atoms with E-state index >= 15 is 0 Å². The SMILES string of the molecule is COc1ccc(CNC(=O)[C@H](C)N2CCN(S(=O)(=O)c3ccc(Cl)s3)CC2)cc1OC. The molecule has 8 nitrogen and oxygen atoms in total. The fraction of sp³-hybridized carbons (Fsp3) is 0.450. The lowest BCUT2D eigenvalue weighted by molar-refractivity contribution is -0.126. The van der Waals surface area contributed by atoms with Gasteiger partial charge in [0, 0.05) is 32.7 Å². The Hall–Kier alpha value is -1.85. The molecule has 2 aromatic rings. The minimum Gasteiger partial charge on any atom is -0.493 e. The lowest BCUT2D eigenvalue weighted by Gasteiger charge is -2.36. The van der Waals surface area contributed by atoms with Gasteiger partial charge in [-0.15, -0.1) is 11.3 Å². The maximum absolute atomic E-state index is 12.7. The minimum atomic E-state index is -3.55. The van der Waals surface area contributed by atoms with Crippen molar-refractivity contribution in [2.75, 3.05) is 40.4 Å². The largest absolute Gasteiger partial charge is 0.493 e. The number of halogens is 1. The Labute approximate surface area is 191 Å². The first-order valence-electron chi connectivity index (χ1n) is 9.74. The van der Waals surface area contributed by atoms with Crippen molar-refractivity contribution in [2.24, 2.45) is 0 Å². The van der Waals surface area contributed by atoms with Crippen LogP contribution < -0.4 is 14.8 Å². The second kappa shape index (κ2) is 10.2. The number of carbonyl (C=O) groups is 1. The number of ether oxygens (including phenoxy) is 2. The molecular weight excluding hydrogens is 462 g/mol. The summed E-state index contributed by atoms with van der Waals surface area (Å²) in [6.45, 7) is 3.78. The quantitative estimate of drug-likeness (QED) is 0.615. The average Bonchev–Trinajstić information content (AvgIpc) is 3.24. The first-order chi connectivity index (χ1) is 14.8. The molecule has 1 amide bonds. The third-order valence-electron chi connectivity index (χ3n) is 5.26. The van der Waals surface area contributed by atoms with E-state index in [2.05, 4.69) is 5.32 Å². The topological polar surface area (TPSA) is 88.2 Å². The van der Waals surface area contributed by atoms with E-state index < -0.39 is 10.0 Å². The van der Waals surface area contributed by atoms with Crippen molar-refractivity contribution < 1.29 is 22.7 Å². The number of carbonyl (C=O) groups excluding carboxylic acids is 1. The van der Waals surface area contributed by atoms with E-state index in [4.69, 9.17) is 21.1 Å². The van der Waals surface area contributed by atoms with Crippen LogP contribution in [0.4, 0.5) is 0 Å². The van der Waals surface area contributed by atoms with E-state index in [-0.39, 0.29) is 16.2 Å². The third-order valence-corrected chi connectivity index (χ3v) is 8.85. The van der Waals surface area contributed by atoms with Gasteiger partial charge in [-0.3, -0.25) is 9.69 Å². The number of piperazine rings is 1. The summed E-state index contributed by atoms with van der Waals surface area (Å²) in [6.07, 6.45) is 0. The number of hydrogen-bond acceptors (Lipinski definition) is 7. The van der Waals surface area contributed by atoms with Crippen LogP contribution in [0.5, 0.6) is 11.5 Å². The molecule has 0 aliphatic carbocycles. The molecule has 170 valence electrons. The van der Waals surface area contributed by atoms with Crippen LogP contribution in [0.15, 0.2) is 34.5 Å². The van der Waals surface area contributed by atoms with Crippen LogP contribution in [0.25, 0.3) is 0 Å². The molecule has 1 atom stereocenters. The molecule has 2 heterocycles. The fourth-order valence-electron chi connectivity index (χ4n) is 3.39. The summed E-state index contributed by atoms with van der Waals surface area (Å²) in [5.74, 6) is 1.12. The molecule has 0 saturated carbocycles. The van der Waals surface area contributed by atoms with Crippen molar-refractivity contribution in [3.05, 3.63) is 40.2 Å². The molecule has 1 aliphatic heterocycles. The number of benzene rings is 1. The zero-order valence-corrected chi connectivity index (χ0v) is 20.0. The van der Waals surface area contributed by atoms with Crippen LogP contribution in [0, 0.1) is 0 Å². The van der Waals surface area contributed by atoms with Gasteiger partial charge in [0.1, 0.15) is 4.21 Å². The number of methoxy groups -OCH3 is 2. The Kier molecular flexibility index (Phi) is 7.82. The summed E-state index contributed by atoms with van der Waals surface area (Å²) >= 11 is 6.93. The molecule has 1 saturated heterocycles. The summed E-state index contributed by atoms with van der Waals surface area (Å²) < 4.78 is 38.1. The first-order valence-corrected chi connectivity index (χ1v) is 12.4. The predicted octanol–water partition coefficient (Wildman–Crippen LogP) is 2.43. The summed E-state index contributed by atoms with van der Waals surface area (Å²) in [5, 5.41) is 2.93. The Morgan fingerprint density at radius 3 is 2.39 bits per heavy atom. The van der Waals surface area contributed by atoms with Crippen LogP contribution in [0.1, 0.15) is 12.5 Å². The number of nitrogens with one attached hydrogen (secondary N) is 1. The third kappa shape index (κ3) is 5.50. The smallest absolute Gasteiger partial charge is 0.252 e. The van der Waals surface area contributed by atoms with Crippen LogP contribution in [0.2, 0.25) is 4.34 Å². The molecule has 3 rings (SSSR count). The molecule has 0 spiro atoms. The summed E-state index contributed by atoms with van der Waals surface area (Å²) in [6, 6.07) is 8.22. The number of hydrogen-bond donors (Lipinski definition) is 1. The van der Waals surface area contributed by atoms with E-state index in [0.29, 0.717) is 48.6 Å². The van der Waals surface area contributed by atoms with Gasteiger partial charge in [0.2, 0.25) is 5.91 Å². The van der Waals surface area contributed by atoms with Crippen molar-refractivity contribution in [3.63, 3.8) is 0 Å². The van der Waals surface area contributed by atoms with Gasteiger partial charge < -0.3 is 14.8 Å². The molecule has 11 heteroatoms. The molecule has 0 unspecified atom stereocenters. The highest BCUT2D eigenvalue weighted by molar-refractivity contribution is 7.91. The molecule has 0 bridgehead atoms. The molecular formula is C20H26ClN3O5S2. The van der Waals surface area contributed by atoms with Gasteiger partial charge in [-0.1, -0.05) is 17.7 Å². The van der Waals surface area contributed by atoms with Crippen LogP contribution in [-0.4, -0.2) is 70.0 Å². The monoisotopic (exact) mass is 487 g/mol. The van der Waals surface area contributed by atoms with Crippen LogP contribution >= 0.6 is 22.9 Å². The number of thiophene rings is 1. The standard InChI is InChI=1S/C20H26ClN3O5S2/c1-14(20(25)22-13-15-4-5-16(28-2)17(12-15)29-3)23-8-10-24(11-9-23)31(26,27)19-7-6-18(21)30-19/h4-7,12,14H,8-11,13H2,1-3H3,(H,22,25)/t14-/m0/s1. The lowest BCUT2D eigenvalue weighted by atomic mass is 10.2. The maximum atomic E-state index is 12.7. The Morgan fingerprint density at radius 1 is 1.13 bits per heavy atom. The van der Waals surface area contributed by atoms with E-state index in [1.165, 1.54) is 10.4 Å². The fourth-order valence-corrected chi connectivity index (χ4v) is 6.45. The van der Waals surface area contributed by atoms with Gasteiger partial charge in [0.25, 0.3) is 10.0 Å². The molecule has 1 aliphatic rings. The summed E-state index contributed by atoms with van der Waals surface area (Å²) in [5.41, 5.74) is 0.892. The molecule has 31 heavy (non-hydrogen) atoms. The zero-order valence-electron chi connectivity index (χ0n) is 17.6. The normalized spacial score (nSPS) is 16.6. The summed E-state index contributed by atoms with van der Waals surface area (Å²) in [7, 11) is -0.416. The Balaban J connectivity index is 1.53. The van der Waals surface area contributed by atoms with Gasteiger partial charge in [-0.25, -0.2) is 8.42 Å². The zero-order chi connectivity index (χ0) is 22.6. The molecule has 0 radical (unpaired) electrons. The van der Waals surface area contributed by atoms with Crippen molar-refractivity contribution in [1.82, 2.24) is 14.5 Å². The van der Waals surface area contributed by atoms with Gasteiger partial charge in [-0.05, 0) is 36.8 Å². The van der Waals surface area contributed by atoms with Crippen LogP contribution in [-0.2, 0) is 21.4 Å². The molecule has 1 aromatic heterocycles. The van der Waals surface area contributed by atoms with Gasteiger partial charge in [0.05, 0.1) is 24.6 Å². The molecule has 1 fully saturated rings. The highest BCUT2D eigenvalue weighted by Gasteiger charge is 2.32. The summed E-state index contributed by atoms with van der Waals surface area (Å²) in [4.78, 5) is 14.6. The maximum Gasteiger partial charge on any atom is 0.252 e. The van der Waals surface area contributed by atoms with Gasteiger partial charge in [-0.2, -0.15) is 4.31 Å². The molecule has 1 aromatic carbocycles. The lowest BCUT2D eigenvalue weighted by Crippen LogP contribution is -2.54. The van der Waals surface area contributed by atoms with E-state index in [1.807, 2.05) is 24.0 Å². The van der Waals surface area contributed by atoms with Gasteiger partial charge in [0.15, 0.2) is 11.5 Å². The van der Waals surface area contributed by atoms with Gasteiger partial charge >= 0.3 is 0 Å². The van der Waals surface area contributed by atoms with Crippen molar-refractivity contribution in [2.45, 2.75) is 23.7 Å². The van der Waals surface area contributed by atoms with Crippen molar-refractivity contribution >= 4 is 38.9 Å². The van der Waals surface area contributed by atoms with E-state index in [9.17, 15) is 13.2 Å². The Morgan fingerprint density at radius 2 is 1.81 bits per heavy atom. The number of amides is 1. The van der Waals surface area contributed by atoms with Crippen molar-refractivity contribution in [3.8, 4) is 11.5 Å². The van der Waals surface area contributed by atoms with E-state index in [0.717, 1.165) is 16.9 Å². The number of nitrogens with zero attached hydrogens (tertiary/aromatic N) is 2. The second-order valence-electron chi connectivity index (χ2n) is 7.08.